The number of anilines is 1. The van der Waals surface area contributed by atoms with Crippen LogP contribution in [0.4, 0.5) is 19.0 Å². The molecule has 3 nitrogen and oxygen atoms in total. The van der Waals surface area contributed by atoms with Crippen LogP contribution < -0.4 is 4.90 Å². The molecule has 1 fully saturated rings. The molecule has 100 valence electrons. The minimum absolute atomic E-state index is 0.150. The fourth-order valence-corrected chi connectivity index (χ4v) is 1.99. The number of alkyl halides is 3. The molecule has 1 aliphatic carbocycles. The molecule has 1 atom stereocenters. The van der Waals surface area contributed by atoms with E-state index in [-0.39, 0.29) is 17.0 Å². The van der Waals surface area contributed by atoms with E-state index in [1.54, 1.807) is 11.9 Å². The summed E-state index contributed by atoms with van der Waals surface area (Å²) in [7, 11) is 1.72. The SMILES string of the molecule is CC(C1CC1)N(C)c1cc(Cl)nc(C(F)(F)F)n1. The zero-order valence-electron chi connectivity index (χ0n) is 10.00. The fourth-order valence-electron chi connectivity index (χ4n) is 1.82. The first-order chi connectivity index (χ1) is 8.29. The van der Waals surface area contributed by atoms with Gasteiger partial charge in [-0.25, -0.2) is 9.97 Å². The van der Waals surface area contributed by atoms with E-state index in [0.717, 1.165) is 12.8 Å². The van der Waals surface area contributed by atoms with Crippen molar-refractivity contribution in [3.63, 3.8) is 0 Å². The monoisotopic (exact) mass is 279 g/mol. The summed E-state index contributed by atoms with van der Waals surface area (Å²) in [6.45, 7) is 1.97. The summed E-state index contributed by atoms with van der Waals surface area (Å²) >= 11 is 5.62. The molecule has 0 amide bonds. The van der Waals surface area contributed by atoms with Crippen LogP contribution in [0.3, 0.4) is 0 Å². The average Bonchev–Trinajstić information content (AvgIpc) is 3.08. The van der Waals surface area contributed by atoms with E-state index in [2.05, 4.69) is 9.97 Å². The smallest absolute Gasteiger partial charge is 0.357 e. The maximum absolute atomic E-state index is 12.6. The Bertz CT molecular complexity index is 446. The number of hydrogen-bond donors (Lipinski definition) is 0. The van der Waals surface area contributed by atoms with Gasteiger partial charge in [-0.1, -0.05) is 11.6 Å². The van der Waals surface area contributed by atoms with E-state index in [4.69, 9.17) is 11.6 Å². The molecule has 0 radical (unpaired) electrons. The van der Waals surface area contributed by atoms with Crippen LogP contribution >= 0.6 is 11.6 Å². The second kappa shape index (κ2) is 4.57. The molecule has 0 spiro atoms. The number of hydrogen-bond acceptors (Lipinski definition) is 3. The lowest BCUT2D eigenvalue weighted by atomic mass is 10.2. The van der Waals surface area contributed by atoms with E-state index in [1.165, 1.54) is 6.07 Å². The van der Waals surface area contributed by atoms with Crippen molar-refractivity contribution in [1.29, 1.82) is 0 Å². The summed E-state index contributed by atoms with van der Waals surface area (Å²) in [6, 6.07) is 1.51. The topological polar surface area (TPSA) is 29.0 Å². The molecule has 0 saturated heterocycles. The molecular weight excluding hydrogens is 267 g/mol. The number of nitrogens with zero attached hydrogens (tertiary/aromatic N) is 3. The lowest BCUT2D eigenvalue weighted by Gasteiger charge is -2.26. The highest BCUT2D eigenvalue weighted by atomic mass is 35.5. The summed E-state index contributed by atoms with van der Waals surface area (Å²) in [5.41, 5.74) is 0. The van der Waals surface area contributed by atoms with Crippen LogP contribution in [0.15, 0.2) is 6.07 Å². The summed E-state index contributed by atoms with van der Waals surface area (Å²) in [5, 5.41) is -0.192. The van der Waals surface area contributed by atoms with Crippen molar-refractivity contribution >= 4 is 17.4 Å². The molecule has 1 unspecified atom stereocenters. The Kier molecular flexibility index (Phi) is 3.40. The van der Waals surface area contributed by atoms with Gasteiger partial charge in [0.25, 0.3) is 0 Å². The highest BCUT2D eigenvalue weighted by Crippen LogP contribution is 2.36. The minimum Gasteiger partial charge on any atom is -0.357 e. The first-order valence-corrected chi connectivity index (χ1v) is 6.01. The molecular formula is C11H13ClF3N3. The molecule has 18 heavy (non-hydrogen) atoms. The van der Waals surface area contributed by atoms with Gasteiger partial charge in [0.2, 0.25) is 5.82 Å². The van der Waals surface area contributed by atoms with Crippen LogP contribution in [-0.2, 0) is 6.18 Å². The molecule has 0 aliphatic heterocycles. The van der Waals surface area contributed by atoms with Crippen LogP contribution in [0, 0.1) is 5.92 Å². The van der Waals surface area contributed by atoms with Crippen LogP contribution in [0.1, 0.15) is 25.6 Å². The third-order valence-electron chi connectivity index (χ3n) is 3.21. The molecule has 1 aromatic rings. The standard InChI is InChI=1S/C11H13ClF3N3/c1-6(7-3-4-7)18(2)9-5-8(12)16-10(17-9)11(13,14)15/h5-7H,3-4H2,1-2H3. The van der Waals surface area contributed by atoms with E-state index in [1.807, 2.05) is 6.92 Å². The third-order valence-corrected chi connectivity index (χ3v) is 3.41. The van der Waals surface area contributed by atoms with Crippen LogP contribution in [0.5, 0.6) is 0 Å². The van der Waals surface area contributed by atoms with Gasteiger partial charge in [0.05, 0.1) is 0 Å². The molecule has 7 heteroatoms. The zero-order valence-corrected chi connectivity index (χ0v) is 10.8. The lowest BCUT2D eigenvalue weighted by molar-refractivity contribution is -0.144. The van der Waals surface area contributed by atoms with Crippen molar-refractivity contribution in [3.8, 4) is 0 Å². The Morgan fingerprint density at radius 3 is 2.50 bits per heavy atom. The van der Waals surface area contributed by atoms with Crippen molar-refractivity contribution < 1.29 is 13.2 Å². The molecule has 1 saturated carbocycles. The molecule has 0 aromatic carbocycles. The highest BCUT2D eigenvalue weighted by molar-refractivity contribution is 6.29. The van der Waals surface area contributed by atoms with Gasteiger partial charge in [0.15, 0.2) is 0 Å². The van der Waals surface area contributed by atoms with Gasteiger partial charge in [-0.2, -0.15) is 13.2 Å². The Hall–Kier alpha value is -1.04. The predicted octanol–water partition coefficient (Wildman–Crippen LogP) is 3.38. The van der Waals surface area contributed by atoms with Gasteiger partial charge < -0.3 is 4.90 Å². The number of rotatable bonds is 3. The van der Waals surface area contributed by atoms with Gasteiger partial charge in [0, 0.05) is 19.2 Å². The first kappa shape index (κ1) is 13.4. The number of halogens is 4. The quantitative estimate of drug-likeness (QED) is 0.794. The van der Waals surface area contributed by atoms with Crippen molar-refractivity contribution in [2.24, 2.45) is 5.92 Å². The lowest BCUT2D eigenvalue weighted by Crippen LogP contribution is -2.32. The Labute approximate surface area is 108 Å². The molecule has 2 rings (SSSR count). The van der Waals surface area contributed by atoms with Crippen molar-refractivity contribution in [3.05, 3.63) is 17.0 Å². The zero-order chi connectivity index (χ0) is 13.5. The molecule has 0 bridgehead atoms. The summed E-state index contributed by atoms with van der Waals surface area (Å²) < 4.78 is 37.7. The largest absolute Gasteiger partial charge is 0.451 e. The fraction of sp³-hybridized carbons (Fsp3) is 0.636. The highest BCUT2D eigenvalue weighted by Gasteiger charge is 2.37. The van der Waals surface area contributed by atoms with E-state index >= 15 is 0 Å². The van der Waals surface area contributed by atoms with Gasteiger partial charge in [-0.3, -0.25) is 0 Å². The maximum Gasteiger partial charge on any atom is 0.451 e. The van der Waals surface area contributed by atoms with Crippen LogP contribution in [-0.4, -0.2) is 23.1 Å². The van der Waals surface area contributed by atoms with Gasteiger partial charge in [-0.15, -0.1) is 0 Å². The Morgan fingerprint density at radius 2 is 2.00 bits per heavy atom. The normalized spacial score (nSPS) is 17.7. The van der Waals surface area contributed by atoms with E-state index in [9.17, 15) is 13.2 Å². The van der Waals surface area contributed by atoms with Gasteiger partial charge in [0.1, 0.15) is 11.0 Å². The van der Waals surface area contributed by atoms with Gasteiger partial charge in [-0.05, 0) is 25.7 Å². The third kappa shape index (κ3) is 2.85. The number of aromatic nitrogens is 2. The van der Waals surface area contributed by atoms with E-state index in [0.29, 0.717) is 5.92 Å². The summed E-state index contributed by atoms with van der Waals surface area (Å²) in [5.74, 6) is -0.459. The van der Waals surface area contributed by atoms with Crippen LogP contribution in [0.2, 0.25) is 5.15 Å². The van der Waals surface area contributed by atoms with Crippen molar-refractivity contribution in [1.82, 2.24) is 9.97 Å². The Morgan fingerprint density at radius 1 is 1.39 bits per heavy atom. The van der Waals surface area contributed by atoms with Gasteiger partial charge >= 0.3 is 6.18 Å². The molecule has 1 heterocycles. The van der Waals surface area contributed by atoms with Crippen LogP contribution in [0.25, 0.3) is 0 Å². The predicted molar refractivity (Wildman–Crippen MR) is 62.6 cm³/mol. The first-order valence-electron chi connectivity index (χ1n) is 5.63. The van der Waals surface area contributed by atoms with E-state index < -0.39 is 12.0 Å². The average molecular weight is 280 g/mol. The maximum atomic E-state index is 12.6. The second-order valence-electron chi connectivity index (χ2n) is 4.56. The summed E-state index contributed by atoms with van der Waals surface area (Å²) in [4.78, 5) is 8.47. The second-order valence-corrected chi connectivity index (χ2v) is 4.95. The molecule has 1 aromatic heterocycles. The summed E-state index contributed by atoms with van der Waals surface area (Å²) in [6.07, 6.45) is -2.36. The Balaban J connectivity index is 2.29. The minimum atomic E-state index is -4.58. The molecule has 1 aliphatic rings. The molecule has 0 N–H and O–H groups in total. The van der Waals surface area contributed by atoms with Crippen molar-refractivity contribution in [2.45, 2.75) is 32.0 Å². The van der Waals surface area contributed by atoms with Crippen molar-refractivity contribution in [2.75, 3.05) is 11.9 Å².